The Morgan fingerprint density at radius 1 is 1.41 bits per heavy atom. The van der Waals surface area contributed by atoms with Gasteiger partial charge in [-0.3, -0.25) is 9.09 Å². The maximum Gasteiger partial charge on any atom is 0.472 e. The second-order valence-corrected chi connectivity index (χ2v) is 5.69. The zero-order valence-corrected chi connectivity index (χ0v) is 11.7. The van der Waals surface area contributed by atoms with E-state index in [0.29, 0.717) is 0 Å². The van der Waals surface area contributed by atoms with Gasteiger partial charge in [0.1, 0.15) is 24.1 Å². The van der Waals surface area contributed by atoms with E-state index in [1.165, 1.54) is 6.07 Å². The third-order valence-corrected chi connectivity index (χ3v) is 3.42. The highest BCUT2D eigenvalue weighted by Gasteiger charge is 2.49. The van der Waals surface area contributed by atoms with Crippen LogP contribution in [0.3, 0.4) is 0 Å². The van der Waals surface area contributed by atoms with Crippen LogP contribution in [0.4, 0.5) is 5.82 Å². The van der Waals surface area contributed by atoms with E-state index in [2.05, 4.69) is 9.51 Å². The number of nitrogen functional groups attached to an aromatic ring is 1. The third kappa shape index (κ3) is 3.51. The number of nitrogens with two attached hydrogens (primary N) is 1. The molecule has 2 rings (SSSR count). The standard InChI is InChI=1S/C9H14N3O9P/c10-3-1-2-12(9(16)11-3)7-5(14)4(13)6(20-7)8(15)21-22(17,18)19/h1-2,4-8,13-15H,(H2,10,11,16)(H2,17,18,19)/t4-,5-,6-,7+,8?/m0/s1. The molecule has 13 heteroatoms. The summed E-state index contributed by atoms with van der Waals surface area (Å²) in [6.07, 6.45) is -7.68. The van der Waals surface area contributed by atoms with E-state index in [9.17, 15) is 24.7 Å². The molecule has 0 spiro atoms. The molecule has 5 atom stereocenters. The molecule has 7 N–H and O–H groups in total. The van der Waals surface area contributed by atoms with Crippen molar-refractivity contribution in [1.29, 1.82) is 0 Å². The summed E-state index contributed by atoms with van der Waals surface area (Å²) in [7, 11) is -5.05. The smallest absolute Gasteiger partial charge is 0.387 e. The molecule has 0 aromatic carbocycles. The summed E-state index contributed by atoms with van der Waals surface area (Å²) < 4.78 is 20.5. The predicted molar refractivity (Wildman–Crippen MR) is 68.0 cm³/mol. The highest BCUT2D eigenvalue weighted by Crippen LogP contribution is 2.40. The molecule has 0 bridgehead atoms. The summed E-state index contributed by atoms with van der Waals surface area (Å²) in [6.45, 7) is 0. The Morgan fingerprint density at radius 3 is 2.59 bits per heavy atom. The van der Waals surface area contributed by atoms with Crippen molar-refractivity contribution in [2.75, 3.05) is 5.73 Å². The first-order chi connectivity index (χ1) is 10.1. The van der Waals surface area contributed by atoms with Gasteiger partial charge in [-0.2, -0.15) is 4.98 Å². The van der Waals surface area contributed by atoms with E-state index in [-0.39, 0.29) is 5.82 Å². The molecule has 1 aromatic heterocycles. The molecule has 1 aromatic rings. The average molecular weight is 339 g/mol. The van der Waals surface area contributed by atoms with Crippen LogP contribution in [0.25, 0.3) is 0 Å². The van der Waals surface area contributed by atoms with Crippen molar-refractivity contribution in [2.24, 2.45) is 0 Å². The fraction of sp³-hybridized carbons (Fsp3) is 0.556. The summed E-state index contributed by atoms with van der Waals surface area (Å²) >= 11 is 0. The Kier molecular flexibility index (Phi) is 4.65. The van der Waals surface area contributed by atoms with Crippen molar-refractivity contribution in [1.82, 2.24) is 9.55 Å². The molecular weight excluding hydrogens is 325 g/mol. The molecule has 0 amide bonds. The normalized spacial score (nSPS) is 30.4. The number of rotatable bonds is 4. The molecule has 1 aliphatic heterocycles. The Labute approximate surface area is 122 Å². The molecule has 1 unspecified atom stereocenters. The lowest BCUT2D eigenvalue weighted by molar-refractivity contribution is -0.161. The highest BCUT2D eigenvalue weighted by molar-refractivity contribution is 7.46. The van der Waals surface area contributed by atoms with Crippen molar-refractivity contribution in [3.05, 3.63) is 22.7 Å². The number of anilines is 1. The minimum absolute atomic E-state index is 0.0734. The van der Waals surface area contributed by atoms with Gasteiger partial charge >= 0.3 is 13.5 Å². The maximum atomic E-state index is 11.7. The van der Waals surface area contributed by atoms with E-state index in [4.69, 9.17) is 20.3 Å². The van der Waals surface area contributed by atoms with Gasteiger partial charge in [-0.1, -0.05) is 0 Å². The van der Waals surface area contributed by atoms with Crippen LogP contribution in [-0.4, -0.2) is 59.3 Å². The molecule has 12 nitrogen and oxygen atoms in total. The van der Waals surface area contributed by atoms with Gasteiger partial charge in [-0.25, -0.2) is 9.36 Å². The lowest BCUT2D eigenvalue weighted by Gasteiger charge is -2.21. The summed E-state index contributed by atoms with van der Waals surface area (Å²) in [4.78, 5) is 32.3. The minimum Gasteiger partial charge on any atom is -0.387 e. The van der Waals surface area contributed by atoms with Crippen LogP contribution >= 0.6 is 7.82 Å². The number of nitrogens with zero attached hydrogens (tertiary/aromatic N) is 2. The number of aliphatic hydroxyl groups excluding tert-OH is 3. The lowest BCUT2D eigenvalue weighted by atomic mass is 10.1. The van der Waals surface area contributed by atoms with Gasteiger partial charge in [0.2, 0.25) is 0 Å². The van der Waals surface area contributed by atoms with Gasteiger partial charge in [-0.15, -0.1) is 0 Å². The number of phosphoric ester groups is 1. The summed E-state index contributed by atoms with van der Waals surface area (Å²) in [5.74, 6) is -0.0734. The van der Waals surface area contributed by atoms with Crippen LogP contribution < -0.4 is 11.4 Å². The van der Waals surface area contributed by atoms with Gasteiger partial charge in [0, 0.05) is 6.20 Å². The minimum atomic E-state index is -5.05. The Balaban J connectivity index is 2.23. The van der Waals surface area contributed by atoms with Crippen LogP contribution in [0.1, 0.15) is 6.23 Å². The van der Waals surface area contributed by atoms with E-state index in [1.54, 1.807) is 0 Å². The van der Waals surface area contributed by atoms with Gasteiger partial charge in [0.15, 0.2) is 12.5 Å². The van der Waals surface area contributed by atoms with Crippen LogP contribution in [0.5, 0.6) is 0 Å². The largest absolute Gasteiger partial charge is 0.472 e. The monoisotopic (exact) mass is 339 g/mol. The van der Waals surface area contributed by atoms with Crippen molar-refractivity contribution in [3.8, 4) is 0 Å². The maximum absolute atomic E-state index is 11.7. The first kappa shape index (κ1) is 17.0. The Bertz CT molecular complexity index is 645. The highest BCUT2D eigenvalue weighted by atomic mass is 31.2. The van der Waals surface area contributed by atoms with Gasteiger partial charge in [0.25, 0.3) is 0 Å². The quantitative estimate of drug-likeness (QED) is 0.239. The summed E-state index contributed by atoms with van der Waals surface area (Å²) in [6, 6.07) is 1.24. The van der Waals surface area contributed by atoms with E-state index < -0.39 is 44.3 Å². The van der Waals surface area contributed by atoms with E-state index in [0.717, 1.165) is 10.8 Å². The molecule has 0 radical (unpaired) electrons. The number of hydrogen-bond donors (Lipinski definition) is 6. The van der Waals surface area contributed by atoms with E-state index >= 15 is 0 Å². The predicted octanol–water partition coefficient (Wildman–Crippen LogP) is -3.13. The Hall–Kier alpha value is -1.37. The summed E-state index contributed by atoms with van der Waals surface area (Å²) in [5.41, 5.74) is 4.42. The van der Waals surface area contributed by atoms with Crippen LogP contribution in [0, 0.1) is 0 Å². The molecule has 0 aliphatic carbocycles. The fourth-order valence-corrected chi connectivity index (χ4v) is 2.37. The number of hydrogen-bond acceptors (Lipinski definition) is 9. The topological polar surface area (TPSA) is 198 Å². The fourth-order valence-electron chi connectivity index (χ4n) is 1.97. The SMILES string of the molecule is Nc1ccn([C@@H]2O[C@H](C(O)OP(=O)(O)O)[C@@H](O)[C@@H]2O)c(=O)n1. The lowest BCUT2D eigenvalue weighted by Crippen LogP contribution is -2.39. The molecule has 2 heterocycles. The number of aliphatic hydroxyl groups is 3. The number of aromatic nitrogens is 2. The van der Waals surface area contributed by atoms with Crippen molar-refractivity contribution in [2.45, 2.75) is 30.8 Å². The van der Waals surface area contributed by atoms with Crippen molar-refractivity contribution >= 4 is 13.6 Å². The third-order valence-electron chi connectivity index (χ3n) is 2.93. The molecular formula is C9H14N3O9P. The molecule has 1 fully saturated rings. The number of ether oxygens (including phenoxy) is 1. The van der Waals surface area contributed by atoms with Gasteiger partial charge in [-0.05, 0) is 6.07 Å². The first-order valence-electron chi connectivity index (χ1n) is 5.88. The average Bonchev–Trinajstić information content (AvgIpc) is 2.65. The van der Waals surface area contributed by atoms with Gasteiger partial charge in [0.05, 0.1) is 0 Å². The van der Waals surface area contributed by atoms with Crippen molar-refractivity contribution in [3.63, 3.8) is 0 Å². The van der Waals surface area contributed by atoms with Crippen LogP contribution in [-0.2, 0) is 13.8 Å². The summed E-state index contributed by atoms with van der Waals surface area (Å²) in [5, 5.41) is 29.2. The van der Waals surface area contributed by atoms with Crippen LogP contribution in [0.2, 0.25) is 0 Å². The number of phosphoric acid groups is 1. The van der Waals surface area contributed by atoms with Crippen LogP contribution in [0.15, 0.2) is 17.1 Å². The molecule has 124 valence electrons. The van der Waals surface area contributed by atoms with Crippen molar-refractivity contribution < 1.29 is 38.9 Å². The molecule has 1 saturated heterocycles. The molecule has 22 heavy (non-hydrogen) atoms. The zero-order valence-electron chi connectivity index (χ0n) is 10.8. The van der Waals surface area contributed by atoms with E-state index in [1.807, 2.05) is 0 Å². The molecule has 0 saturated carbocycles. The molecule has 1 aliphatic rings. The van der Waals surface area contributed by atoms with Gasteiger partial charge < -0.3 is 35.6 Å². The zero-order chi connectivity index (χ0) is 16.7. The Morgan fingerprint density at radius 2 is 2.05 bits per heavy atom. The second kappa shape index (κ2) is 6.02. The second-order valence-electron chi connectivity index (χ2n) is 4.50. The first-order valence-corrected chi connectivity index (χ1v) is 7.41.